The summed E-state index contributed by atoms with van der Waals surface area (Å²) in [5, 5.41) is 0. The third-order valence-electron chi connectivity index (χ3n) is 6.48. The zero-order valence-electron chi connectivity index (χ0n) is 21.6. The van der Waals surface area contributed by atoms with E-state index in [0.717, 1.165) is 67.7 Å². The smallest absolute Gasteiger partial charge is 0.227 e. The van der Waals surface area contributed by atoms with Gasteiger partial charge < -0.3 is 14.5 Å². The molecule has 1 aromatic heterocycles. The van der Waals surface area contributed by atoms with E-state index in [1.165, 1.54) is 0 Å². The van der Waals surface area contributed by atoms with Gasteiger partial charge in [0, 0.05) is 69.3 Å². The first-order valence-electron chi connectivity index (χ1n) is 12.8. The van der Waals surface area contributed by atoms with Gasteiger partial charge in [-0.2, -0.15) is 0 Å². The maximum atomic E-state index is 13.4. The van der Waals surface area contributed by atoms with E-state index in [4.69, 9.17) is 4.74 Å². The largest absolute Gasteiger partial charge is 0.496 e. The fraction of sp³-hybridized carbons (Fsp3) is 0.414. The molecule has 1 aliphatic heterocycles. The number of hydrogen-bond acceptors (Lipinski definition) is 6. The highest BCUT2D eigenvalue weighted by Crippen LogP contribution is 2.27. The second-order valence-electron chi connectivity index (χ2n) is 9.68. The number of fused-ring (bicyclic) bond motifs is 1. The number of anilines is 2. The highest BCUT2D eigenvalue weighted by atomic mass is 16.5. The van der Waals surface area contributed by atoms with Gasteiger partial charge in [0.15, 0.2) is 0 Å². The van der Waals surface area contributed by atoms with Crippen LogP contribution in [0, 0.1) is 5.92 Å². The van der Waals surface area contributed by atoms with Gasteiger partial charge in [-0.3, -0.25) is 9.69 Å². The zero-order chi connectivity index (χ0) is 25.3. The molecule has 4 rings (SSSR count). The maximum absolute atomic E-state index is 13.4. The number of amides is 1. The van der Waals surface area contributed by atoms with Gasteiger partial charge in [0.05, 0.1) is 7.11 Å². The first-order valence-corrected chi connectivity index (χ1v) is 12.8. The molecule has 0 bridgehead atoms. The Morgan fingerprint density at radius 3 is 2.47 bits per heavy atom. The second-order valence-corrected chi connectivity index (χ2v) is 9.68. The van der Waals surface area contributed by atoms with Gasteiger partial charge in [-0.05, 0) is 36.1 Å². The maximum Gasteiger partial charge on any atom is 0.227 e. The summed E-state index contributed by atoms with van der Waals surface area (Å²) in [4.78, 5) is 29.1. The van der Waals surface area contributed by atoms with Crippen LogP contribution in [0.25, 0.3) is 0 Å². The first kappa shape index (κ1) is 25.6. The quantitative estimate of drug-likeness (QED) is 0.499. The summed E-state index contributed by atoms with van der Waals surface area (Å²) in [6, 6.07) is 18.3. The SMILES string of the molecule is COc1ccccc1CN1CCN(c2ncccn2)CCCN(C(=O)CC(C)C)c2ccccc2C1. The highest BCUT2D eigenvalue weighted by Gasteiger charge is 2.23. The second kappa shape index (κ2) is 12.5. The van der Waals surface area contributed by atoms with Gasteiger partial charge in [-0.1, -0.05) is 50.2 Å². The van der Waals surface area contributed by atoms with Crippen LogP contribution in [-0.2, 0) is 17.9 Å². The monoisotopic (exact) mass is 487 g/mol. The van der Waals surface area contributed by atoms with E-state index in [0.29, 0.717) is 18.9 Å². The van der Waals surface area contributed by atoms with Crippen molar-refractivity contribution in [2.75, 3.05) is 43.1 Å². The molecule has 7 heteroatoms. The van der Waals surface area contributed by atoms with Crippen LogP contribution >= 0.6 is 0 Å². The zero-order valence-corrected chi connectivity index (χ0v) is 21.6. The number of nitrogens with zero attached hydrogens (tertiary/aromatic N) is 5. The van der Waals surface area contributed by atoms with Crippen molar-refractivity contribution < 1.29 is 9.53 Å². The molecule has 2 heterocycles. The predicted octanol–water partition coefficient (Wildman–Crippen LogP) is 4.78. The van der Waals surface area contributed by atoms with Crippen LogP contribution in [0.3, 0.4) is 0 Å². The number of carbonyl (C=O) groups excluding carboxylic acids is 1. The minimum Gasteiger partial charge on any atom is -0.496 e. The molecule has 0 atom stereocenters. The number of methoxy groups -OCH3 is 1. The molecule has 0 saturated carbocycles. The van der Waals surface area contributed by atoms with E-state index in [-0.39, 0.29) is 5.91 Å². The molecule has 1 aliphatic rings. The Balaban J connectivity index is 1.69. The lowest BCUT2D eigenvalue weighted by Gasteiger charge is -2.28. The summed E-state index contributed by atoms with van der Waals surface area (Å²) in [7, 11) is 1.72. The van der Waals surface area contributed by atoms with Crippen LogP contribution in [0.2, 0.25) is 0 Å². The number of ether oxygens (including phenoxy) is 1. The Bertz CT molecular complexity index is 1120. The lowest BCUT2D eigenvalue weighted by atomic mass is 10.1. The lowest BCUT2D eigenvalue weighted by Crippen LogP contribution is -2.37. The van der Waals surface area contributed by atoms with Gasteiger partial charge in [-0.25, -0.2) is 9.97 Å². The van der Waals surface area contributed by atoms with Gasteiger partial charge in [-0.15, -0.1) is 0 Å². The van der Waals surface area contributed by atoms with Crippen molar-refractivity contribution in [1.29, 1.82) is 0 Å². The minimum absolute atomic E-state index is 0.176. The molecule has 1 amide bonds. The van der Waals surface area contributed by atoms with Crippen molar-refractivity contribution in [3.8, 4) is 5.75 Å². The fourth-order valence-electron chi connectivity index (χ4n) is 4.72. The minimum atomic E-state index is 0.176. The van der Waals surface area contributed by atoms with Gasteiger partial charge in [0.1, 0.15) is 5.75 Å². The molecule has 2 aromatic carbocycles. The Kier molecular flexibility index (Phi) is 8.90. The molecule has 36 heavy (non-hydrogen) atoms. The Morgan fingerprint density at radius 2 is 1.69 bits per heavy atom. The van der Waals surface area contributed by atoms with E-state index >= 15 is 0 Å². The van der Waals surface area contributed by atoms with Crippen LogP contribution in [0.5, 0.6) is 5.75 Å². The molecule has 0 radical (unpaired) electrons. The molecule has 0 aliphatic carbocycles. The van der Waals surface area contributed by atoms with E-state index in [1.807, 2.05) is 29.2 Å². The molecule has 0 N–H and O–H groups in total. The summed E-state index contributed by atoms with van der Waals surface area (Å²) in [6.07, 6.45) is 4.94. The molecular formula is C29H37N5O2. The molecule has 0 unspecified atom stereocenters. The molecule has 0 saturated heterocycles. The molecule has 7 nitrogen and oxygen atoms in total. The van der Waals surface area contributed by atoms with Gasteiger partial charge in [0.2, 0.25) is 11.9 Å². The number of benzene rings is 2. The first-order chi connectivity index (χ1) is 17.5. The van der Waals surface area contributed by atoms with Crippen molar-refractivity contribution in [2.24, 2.45) is 5.92 Å². The van der Waals surface area contributed by atoms with Crippen molar-refractivity contribution in [2.45, 2.75) is 39.8 Å². The normalized spacial score (nSPS) is 15.3. The molecule has 0 fully saturated rings. The van der Waals surface area contributed by atoms with Crippen LogP contribution in [0.15, 0.2) is 67.0 Å². The van der Waals surface area contributed by atoms with Gasteiger partial charge >= 0.3 is 0 Å². The Morgan fingerprint density at radius 1 is 0.944 bits per heavy atom. The molecule has 0 spiro atoms. The van der Waals surface area contributed by atoms with Crippen molar-refractivity contribution >= 4 is 17.5 Å². The van der Waals surface area contributed by atoms with Gasteiger partial charge in [0.25, 0.3) is 0 Å². The predicted molar refractivity (Wildman–Crippen MR) is 144 cm³/mol. The average molecular weight is 488 g/mol. The molecule has 3 aromatic rings. The number of rotatable bonds is 6. The Hall–Kier alpha value is -3.45. The lowest BCUT2D eigenvalue weighted by molar-refractivity contribution is -0.119. The summed E-state index contributed by atoms with van der Waals surface area (Å²) >= 11 is 0. The number of carbonyl (C=O) groups is 1. The van der Waals surface area contributed by atoms with Crippen molar-refractivity contribution in [3.63, 3.8) is 0 Å². The summed E-state index contributed by atoms with van der Waals surface area (Å²) in [5.41, 5.74) is 3.31. The van der Waals surface area contributed by atoms with Crippen LogP contribution in [-0.4, -0.2) is 54.1 Å². The van der Waals surface area contributed by atoms with Crippen LogP contribution in [0.4, 0.5) is 11.6 Å². The average Bonchev–Trinajstić information content (AvgIpc) is 2.92. The summed E-state index contributed by atoms with van der Waals surface area (Å²) in [5.74, 6) is 2.10. The van der Waals surface area contributed by atoms with Crippen molar-refractivity contribution in [1.82, 2.24) is 14.9 Å². The summed E-state index contributed by atoms with van der Waals surface area (Å²) in [6.45, 7) is 8.72. The van der Waals surface area contributed by atoms with Crippen LogP contribution < -0.4 is 14.5 Å². The number of aromatic nitrogens is 2. The van der Waals surface area contributed by atoms with E-state index in [1.54, 1.807) is 19.5 Å². The fourth-order valence-corrected chi connectivity index (χ4v) is 4.72. The number of hydrogen-bond donors (Lipinski definition) is 0. The topological polar surface area (TPSA) is 61.8 Å². The standard InChI is InChI=1S/C29H37N5O2/c1-23(2)20-28(35)34-17-9-16-33(29-30-14-8-15-31-29)19-18-32(21-24-10-4-6-12-26(24)34)22-25-11-5-7-13-27(25)36-3/h4-8,10-15,23H,9,16-22H2,1-3H3. The number of para-hydroxylation sites is 2. The van der Waals surface area contributed by atoms with Crippen molar-refractivity contribution in [3.05, 3.63) is 78.1 Å². The molecule has 190 valence electrons. The third kappa shape index (κ3) is 6.61. The van der Waals surface area contributed by atoms with E-state index < -0.39 is 0 Å². The summed E-state index contributed by atoms with van der Waals surface area (Å²) < 4.78 is 5.64. The highest BCUT2D eigenvalue weighted by molar-refractivity contribution is 5.94. The van der Waals surface area contributed by atoms with E-state index in [9.17, 15) is 4.79 Å². The molecular weight excluding hydrogens is 450 g/mol. The third-order valence-corrected chi connectivity index (χ3v) is 6.48. The van der Waals surface area contributed by atoms with E-state index in [2.05, 4.69) is 63.9 Å². The van der Waals surface area contributed by atoms with Crippen LogP contribution in [0.1, 0.15) is 37.8 Å². The Labute approximate surface area is 214 Å².